The number of hydrogen-bond acceptors (Lipinski definition) is 4. The van der Waals surface area contributed by atoms with Crippen LogP contribution in [0.1, 0.15) is 62.9 Å². The SMILES string of the molecule is CC(C)(C)c1nc(C(=O)N(CCCO)C2CCC2)n[nH]1. The van der Waals surface area contributed by atoms with Crippen LogP contribution in [0.3, 0.4) is 0 Å². The fraction of sp³-hybridized carbons (Fsp3) is 0.786. The van der Waals surface area contributed by atoms with Crippen LogP contribution in [0.15, 0.2) is 0 Å². The monoisotopic (exact) mass is 280 g/mol. The zero-order valence-electron chi connectivity index (χ0n) is 12.5. The molecule has 1 aromatic rings. The van der Waals surface area contributed by atoms with Gasteiger partial charge >= 0.3 is 0 Å². The fourth-order valence-corrected chi connectivity index (χ4v) is 2.21. The summed E-state index contributed by atoms with van der Waals surface area (Å²) in [6.07, 6.45) is 3.83. The largest absolute Gasteiger partial charge is 0.396 e. The lowest BCUT2D eigenvalue weighted by atomic mass is 9.91. The highest BCUT2D eigenvalue weighted by atomic mass is 16.3. The van der Waals surface area contributed by atoms with Gasteiger partial charge in [-0.3, -0.25) is 9.89 Å². The number of nitrogens with zero attached hydrogens (tertiary/aromatic N) is 3. The van der Waals surface area contributed by atoms with Gasteiger partial charge in [0.25, 0.3) is 5.91 Å². The normalized spacial score (nSPS) is 16.0. The van der Waals surface area contributed by atoms with E-state index in [-0.39, 0.29) is 29.8 Å². The third-order valence-corrected chi connectivity index (χ3v) is 3.72. The standard InChI is InChI=1S/C14H24N4O2/c1-14(2,3)13-15-11(16-17-13)12(20)18(8-5-9-19)10-6-4-7-10/h10,19H,4-9H2,1-3H3,(H,15,16,17). The molecular weight excluding hydrogens is 256 g/mol. The molecule has 0 unspecified atom stereocenters. The number of amides is 1. The summed E-state index contributed by atoms with van der Waals surface area (Å²) in [7, 11) is 0. The lowest BCUT2D eigenvalue weighted by Gasteiger charge is -2.36. The molecule has 2 N–H and O–H groups in total. The molecule has 0 radical (unpaired) electrons. The lowest BCUT2D eigenvalue weighted by molar-refractivity contribution is 0.0550. The fourth-order valence-electron chi connectivity index (χ4n) is 2.21. The van der Waals surface area contributed by atoms with E-state index in [0.717, 1.165) is 25.1 Å². The molecule has 1 saturated carbocycles. The van der Waals surface area contributed by atoms with Crippen LogP contribution in [0.25, 0.3) is 0 Å². The number of aliphatic hydroxyl groups excluding tert-OH is 1. The van der Waals surface area contributed by atoms with Crippen molar-refractivity contribution < 1.29 is 9.90 Å². The minimum atomic E-state index is -0.155. The van der Waals surface area contributed by atoms with E-state index in [2.05, 4.69) is 15.2 Å². The Morgan fingerprint density at radius 1 is 1.45 bits per heavy atom. The Hall–Kier alpha value is -1.43. The molecule has 1 aromatic heterocycles. The van der Waals surface area contributed by atoms with Gasteiger partial charge in [0.1, 0.15) is 5.82 Å². The second-order valence-electron chi connectivity index (χ2n) is 6.42. The first kappa shape index (κ1) is 15.0. The predicted molar refractivity (Wildman–Crippen MR) is 75.5 cm³/mol. The minimum Gasteiger partial charge on any atom is -0.396 e. The molecule has 0 bridgehead atoms. The van der Waals surface area contributed by atoms with Gasteiger partial charge < -0.3 is 10.0 Å². The molecule has 2 rings (SSSR count). The first-order chi connectivity index (χ1) is 9.43. The Bertz CT molecular complexity index is 460. The maximum atomic E-state index is 12.5. The summed E-state index contributed by atoms with van der Waals surface area (Å²) in [5, 5.41) is 15.9. The van der Waals surface area contributed by atoms with E-state index in [1.165, 1.54) is 0 Å². The van der Waals surface area contributed by atoms with Crippen LogP contribution in [0, 0.1) is 0 Å². The molecule has 1 aliphatic rings. The number of hydrogen-bond donors (Lipinski definition) is 2. The van der Waals surface area contributed by atoms with Crippen molar-refractivity contribution in [3.63, 3.8) is 0 Å². The van der Waals surface area contributed by atoms with E-state index in [4.69, 9.17) is 5.11 Å². The molecule has 0 aliphatic heterocycles. The molecule has 1 fully saturated rings. The minimum absolute atomic E-state index is 0.0950. The van der Waals surface area contributed by atoms with Crippen LogP contribution in [0.2, 0.25) is 0 Å². The van der Waals surface area contributed by atoms with Crippen molar-refractivity contribution in [2.24, 2.45) is 0 Å². The predicted octanol–water partition coefficient (Wildman–Crippen LogP) is 1.48. The van der Waals surface area contributed by atoms with E-state index in [1.54, 1.807) is 0 Å². The van der Waals surface area contributed by atoms with Gasteiger partial charge in [-0.15, -0.1) is 5.10 Å². The van der Waals surface area contributed by atoms with Gasteiger partial charge in [-0.1, -0.05) is 20.8 Å². The van der Waals surface area contributed by atoms with Crippen molar-refractivity contribution in [2.75, 3.05) is 13.2 Å². The molecule has 6 nitrogen and oxygen atoms in total. The Balaban J connectivity index is 2.12. The number of aliphatic hydroxyl groups is 1. The molecule has 1 amide bonds. The molecule has 1 heterocycles. The van der Waals surface area contributed by atoms with Crippen LogP contribution >= 0.6 is 0 Å². The molecule has 0 spiro atoms. The molecule has 1 aliphatic carbocycles. The number of carbonyl (C=O) groups is 1. The number of H-pyrrole nitrogens is 1. The first-order valence-electron chi connectivity index (χ1n) is 7.28. The molecule has 0 atom stereocenters. The maximum Gasteiger partial charge on any atom is 0.293 e. The molecule has 6 heteroatoms. The Labute approximate surface area is 119 Å². The molecule has 0 aromatic carbocycles. The summed E-state index contributed by atoms with van der Waals surface area (Å²) in [6.45, 7) is 6.74. The van der Waals surface area contributed by atoms with E-state index < -0.39 is 0 Å². The number of nitrogens with one attached hydrogen (secondary N) is 1. The van der Waals surface area contributed by atoms with Crippen LogP contribution in [-0.2, 0) is 5.41 Å². The lowest BCUT2D eigenvalue weighted by Crippen LogP contribution is -2.45. The van der Waals surface area contributed by atoms with Gasteiger partial charge in [0.05, 0.1) is 0 Å². The summed E-state index contributed by atoms with van der Waals surface area (Å²) < 4.78 is 0. The third-order valence-electron chi connectivity index (χ3n) is 3.72. The third kappa shape index (κ3) is 3.17. The van der Waals surface area contributed by atoms with Crippen molar-refractivity contribution in [3.8, 4) is 0 Å². The zero-order chi connectivity index (χ0) is 14.8. The van der Waals surface area contributed by atoms with Crippen molar-refractivity contribution in [1.82, 2.24) is 20.1 Å². The van der Waals surface area contributed by atoms with Gasteiger partial charge in [-0.25, -0.2) is 4.98 Å². The highest BCUT2D eigenvalue weighted by Crippen LogP contribution is 2.26. The number of aromatic amines is 1. The first-order valence-corrected chi connectivity index (χ1v) is 7.28. The molecule has 0 saturated heterocycles. The van der Waals surface area contributed by atoms with Gasteiger partial charge in [-0.05, 0) is 25.7 Å². The van der Waals surface area contributed by atoms with Crippen molar-refractivity contribution in [1.29, 1.82) is 0 Å². The summed E-state index contributed by atoms with van der Waals surface area (Å²) in [4.78, 5) is 18.7. The highest BCUT2D eigenvalue weighted by molar-refractivity contribution is 5.90. The topological polar surface area (TPSA) is 82.1 Å². The van der Waals surface area contributed by atoms with Crippen LogP contribution in [0.4, 0.5) is 0 Å². The van der Waals surface area contributed by atoms with Gasteiger partial charge in [0.15, 0.2) is 0 Å². The zero-order valence-corrected chi connectivity index (χ0v) is 12.5. The molecule has 112 valence electrons. The van der Waals surface area contributed by atoms with Crippen LogP contribution < -0.4 is 0 Å². The van der Waals surface area contributed by atoms with E-state index >= 15 is 0 Å². The van der Waals surface area contributed by atoms with E-state index in [9.17, 15) is 4.79 Å². The van der Waals surface area contributed by atoms with Crippen molar-refractivity contribution in [3.05, 3.63) is 11.6 Å². The Kier molecular flexibility index (Phi) is 4.42. The number of aromatic nitrogens is 3. The maximum absolute atomic E-state index is 12.5. The van der Waals surface area contributed by atoms with Gasteiger partial charge in [-0.2, -0.15) is 0 Å². The quantitative estimate of drug-likeness (QED) is 0.856. The summed E-state index contributed by atoms with van der Waals surface area (Å²) in [5.74, 6) is 0.825. The molecular formula is C14H24N4O2. The van der Waals surface area contributed by atoms with Gasteiger partial charge in [0, 0.05) is 24.6 Å². The summed E-state index contributed by atoms with van der Waals surface area (Å²) in [6, 6.07) is 0.283. The van der Waals surface area contributed by atoms with Crippen molar-refractivity contribution in [2.45, 2.75) is 57.9 Å². The second-order valence-corrected chi connectivity index (χ2v) is 6.42. The average Bonchev–Trinajstić information content (AvgIpc) is 2.80. The van der Waals surface area contributed by atoms with Gasteiger partial charge in [0.2, 0.25) is 5.82 Å². The number of carbonyl (C=O) groups excluding carboxylic acids is 1. The number of rotatable bonds is 5. The van der Waals surface area contributed by atoms with Crippen LogP contribution in [-0.4, -0.2) is 50.3 Å². The Morgan fingerprint density at radius 3 is 2.60 bits per heavy atom. The van der Waals surface area contributed by atoms with Crippen LogP contribution in [0.5, 0.6) is 0 Å². The average molecular weight is 280 g/mol. The summed E-state index contributed by atoms with van der Waals surface area (Å²) >= 11 is 0. The van der Waals surface area contributed by atoms with Crippen molar-refractivity contribution >= 4 is 5.91 Å². The molecule has 20 heavy (non-hydrogen) atoms. The van der Waals surface area contributed by atoms with E-state index in [1.807, 2.05) is 25.7 Å². The second kappa shape index (κ2) is 5.91. The highest BCUT2D eigenvalue weighted by Gasteiger charge is 2.31. The Morgan fingerprint density at radius 2 is 2.15 bits per heavy atom. The smallest absolute Gasteiger partial charge is 0.293 e. The van der Waals surface area contributed by atoms with E-state index in [0.29, 0.717) is 13.0 Å². The summed E-state index contributed by atoms with van der Waals surface area (Å²) in [5.41, 5.74) is -0.155.